The van der Waals surface area contributed by atoms with Crippen LogP contribution >= 0.6 is 0 Å². The standard InChI is InChI=1S/C19H22O3/c1-4-13-11-22-16-10-9-14-7-5-6-8-15(14)18(16)17(13)12(2)19(20)21-3/h5-10,12-13,17H,4,11H2,1-3H3. The fourth-order valence-corrected chi connectivity index (χ4v) is 3.64. The summed E-state index contributed by atoms with van der Waals surface area (Å²) in [7, 11) is 1.46. The molecule has 0 N–H and O–H groups in total. The summed E-state index contributed by atoms with van der Waals surface area (Å²) in [5.41, 5.74) is 1.16. The summed E-state index contributed by atoms with van der Waals surface area (Å²) in [6.45, 7) is 4.78. The van der Waals surface area contributed by atoms with Gasteiger partial charge >= 0.3 is 5.97 Å². The Morgan fingerprint density at radius 2 is 2.09 bits per heavy atom. The van der Waals surface area contributed by atoms with Gasteiger partial charge in [0.25, 0.3) is 0 Å². The van der Waals surface area contributed by atoms with Gasteiger partial charge in [-0.15, -0.1) is 0 Å². The third-order valence-electron chi connectivity index (χ3n) is 4.86. The molecule has 116 valence electrons. The second-order valence-electron chi connectivity index (χ2n) is 6.02. The van der Waals surface area contributed by atoms with Crippen molar-refractivity contribution in [2.45, 2.75) is 26.2 Å². The Morgan fingerprint density at radius 1 is 1.32 bits per heavy atom. The van der Waals surface area contributed by atoms with Crippen molar-refractivity contribution in [3.05, 3.63) is 42.0 Å². The number of fused-ring (bicyclic) bond motifs is 3. The molecule has 0 aliphatic carbocycles. The van der Waals surface area contributed by atoms with E-state index >= 15 is 0 Å². The Hall–Kier alpha value is -2.03. The number of benzene rings is 2. The number of carbonyl (C=O) groups excluding carboxylic acids is 1. The molecule has 2 aromatic rings. The van der Waals surface area contributed by atoms with Gasteiger partial charge in [0, 0.05) is 17.4 Å². The minimum absolute atomic E-state index is 0.132. The van der Waals surface area contributed by atoms with Gasteiger partial charge in [0.15, 0.2) is 0 Å². The van der Waals surface area contributed by atoms with Gasteiger partial charge in [0.05, 0.1) is 19.6 Å². The number of rotatable bonds is 3. The molecule has 0 fully saturated rings. The molecule has 3 nitrogen and oxygen atoms in total. The van der Waals surface area contributed by atoms with Crippen LogP contribution in [0.2, 0.25) is 0 Å². The number of hydrogen-bond acceptors (Lipinski definition) is 3. The molecule has 0 amide bonds. The molecule has 0 bridgehead atoms. The molecule has 0 spiro atoms. The molecular formula is C19H22O3. The lowest BCUT2D eigenvalue weighted by Crippen LogP contribution is -2.33. The summed E-state index contributed by atoms with van der Waals surface area (Å²) in [6, 6.07) is 12.4. The highest BCUT2D eigenvalue weighted by molar-refractivity contribution is 5.89. The predicted molar refractivity (Wildman–Crippen MR) is 87.1 cm³/mol. The maximum Gasteiger partial charge on any atom is 0.309 e. The zero-order valence-electron chi connectivity index (χ0n) is 13.3. The molecule has 1 heterocycles. The van der Waals surface area contributed by atoms with Gasteiger partial charge in [-0.1, -0.05) is 44.2 Å². The number of esters is 1. The van der Waals surface area contributed by atoms with E-state index in [-0.39, 0.29) is 17.8 Å². The lowest BCUT2D eigenvalue weighted by molar-refractivity contribution is -0.146. The second-order valence-corrected chi connectivity index (χ2v) is 6.02. The average molecular weight is 298 g/mol. The SMILES string of the molecule is CCC1COc2ccc3ccccc3c2C1C(C)C(=O)OC. The first-order chi connectivity index (χ1) is 10.7. The van der Waals surface area contributed by atoms with Gasteiger partial charge in [-0.25, -0.2) is 0 Å². The van der Waals surface area contributed by atoms with E-state index in [1.165, 1.54) is 17.9 Å². The highest BCUT2D eigenvalue weighted by atomic mass is 16.5. The van der Waals surface area contributed by atoms with Gasteiger partial charge in [0.2, 0.25) is 0 Å². The van der Waals surface area contributed by atoms with E-state index < -0.39 is 0 Å². The van der Waals surface area contributed by atoms with E-state index in [0.29, 0.717) is 12.5 Å². The van der Waals surface area contributed by atoms with Gasteiger partial charge in [-0.3, -0.25) is 4.79 Å². The molecule has 2 aromatic carbocycles. The first-order valence-electron chi connectivity index (χ1n) is 7.89. The normalized spacial score (nSPS) is 21.8. The summed E-state index contributed by atoms with van der Waals surface area (Å²) < 4.78 is 11.0. The van der Waals surface area contributed by atoms with Crippen molar-refractivity contribution in [3.8, 4) is 5.75 Å². The van der Waals surface area contributed by atoms with E-state index in [9.17, 15) is 4.79 Å². The Bertz CT molecular complexity index is 692. The summed E-state index contributed by atoms with van der Waals surface area (Å²) in [5, 5.41) is 2.36. The zero-order valence-corrected chi connectivity index (χ0v) is 13.3. The summed E-state index contributed by atoms with van der Waals surface area (Å²) in [4.78, 5) is 12.2. The van der Waals surface area contributed by atoms with Crippen molar-refractivity contribution in [3.63, 3.8) is 0 Å². The van der Waals surface area contributed by atoms with Crippen LogP contribution in [0.1, 0.15) is 31.7 Å². The molecule has 1 aliphatic rings. The smallest absolute Gasteiger partial charge is 0.309 e. The van der Waals surface area contributed by atoms with Crippen molar-refractivity contribution in [2.24, 2.45) is 11.8 Å². The minimum Gasteiger partial charge on any atom is -0.493 e. The van der Waals surface area contributed by atoms with Crippen LogP contribution in [0.25, 0.3) is 10.8 Å². The highest BCUT2D eigenvalue weighted by Crippen LogP contribution is 2.46. The minimum atomic E-state index is -0.177. The van der Waals surface area contributed by atoms with Crippen molar-refractivity contribution in [1.29, 1.82) is 0 Å². The van der Waals surface area contributed by atoms with Gasteiger partial charge < -0.3 is 9.47 Å². The van der Waals surface area contributed by atoms with Crippen LogP contribution in [0, 0.1) is 11.8 Å². The molecule has 3 unspecified atom stereocenters. The third kappa shape index (κ3) is 2.35. The van der Waals surface area contributed by atoms with Crippen LogP contribution in [0.5, 0.6) is 5.75 Å². The van der Waals surface area contributed by atoms with Crippen LogP contribution in [-0.4, -0.2) is 19.7 Å². The van der Waals surface area contributed by atoms with Gasteiger partial charge in [0.1, 0.15) is 5.75 Å². The number of hydrogen-bond donors (Lipinski definition) is 0. The molecule has 3 rings (SSSR count). The number of carbonyl (C=O) groups is 1. The molecule has 0 saturated carbocycles. The van der Waals surface area contributed by atoms with Crippen LogP contribution in [-0.2, 0) is 9.53 Å². The van der Waals surface area contributed by atoms with Crippen LogP contribution in [0.15, 0.2) is 36.4 Å². The monoisotopic (exact) mass is 298 g/mol. The topological polar surface area (TPSA) is 35.5 Å². The summed E-state index contributed by atoms with van der Waals surface area (Å²) in [6.07, 6.45) is 0.981. The number of methoxy groups -OCH3 is 1. The molecule has 22 heavy (non-hydrogen) atoms. The molecule has 3 atom stereocenters. The van der Waals surface area contributed by atoms with E-state index in [4.69, 9.17) is 9.47 Å². The highest BCUT2D eigenvalue weighted by Gasteiger charge is 2.38. The third-order valence-corrected chi connectivity index (χ3v) is 4.86. The first kappa shape index (κ1) is 14.9. The van der Waals surface area contributed by atoms with E-state index in [1.807, 2.05) is 25.1 Å². The molecule has 3 heteroatoms. The Labute approximate surface area is 131 Å². The van der Waals surface area contributed by atoms with Crippen molar-refractivity contribution < 1.29 is 14.3 Å². The maximum atomic E-state index is 12.2. The summed E-state index contributed by atoms with van der Waals surface area (Å²) in [5.74, 6) is 1.04. The maximum absolute atomic E-state index is 12.2. The van der Waals surface area contributed by atoms with Crippen LogP contribution in [0.3, 0.4) is 0 Å². The molecule has 0 radical (unpaired) electrons. The van der Waals surface area contributed by atoms with Crippen molar-refractivity contribution in [2.75, 3.05) is 13.7 Å². The van der Waals surface area contributed by atoms with E-state index in [1.54, 1.807) is 0 Å². The Morgan fingerprint density at radius 3 is 2.82 bits per heavy atom. The molecule has 0 saturated heterocycles. The molecule has 1 aliphatic heterocycles. The largest absolute Gasteiger partial charge is 0.493 e. The lowest BCUT2D eigenvalue weighted by atomic mass is 9.73. The molecular weight excluding hydrogens is 276 g/mol. The van der Waals surface area contributed by atoms with E-state index in [0.717, 1.165) is 17.7 Å². The zero-order chi connectivity index (χ0) is 15.7. The van der Waals surface area contributed by atoms with Crippen LogP contribution < -0.4 is 4.74 Å². The fraction of sp³-hybridized carbons (Fsp3) is 0.421. The molecule has 0 aromatic heterocycles. The average Bonchev–Trinajstić information content (AvgIpc) is 2.59. The fourth-order valence-electron chi connectivity index (χ4n) is 3.64. The quantitative estimate of drug-likeness (QED) is 0.798. The Kier molecular flexibility index (Phi) is 4.06. The summed E-state index contributed by atoms with van der Waals surface area (Å²) >= 11 is 0. The lowest BCUT2D eigenvalue weighted by Gasteiger charge is -2.36. The predicted octanol–water partition coefficient (Wildman–Crippen LogP) is 4.15. The van der Waals surface area contributed by atoms with Gasteiger partial charge in [-0.2, -0.15) is 0 Å². The Balaban J connectivity index is 2.20. The van der Waals surface area contributed by atoms with Crippen molar-refractivity contribution >= 4 is 16.7 Å². The second kappa shape index (κ2) is 5.99. The van der Waals surface area contributed by atoms with E-state index in [2.05, 4.69) is 25.1 Å². The number of ether oxygens (including phenoxy) is 2. The van der Waals surface area contributed by atoms with Gasteiger partial charge in [-0.05, 0) is 23.3 Å². The van der Waals surface area contributed by atoms with Crippen LogP contribution in [0.4, 0.5) is 0 Å². The van der Waals surface area contributed by atoms with Crippen molar-refractivity contribution in [1.82, 2.24) is 0 Å². The first-order valence-corrected chi connectivity index (χ1v) is 7.89.